The minimum Gasteiger partial charge on any atom is -0.462 e. The maximum atomic E-state index is 12.3. The van der Waals surface area contributed by atoms with Crippen LogP contribution in [0.25, 0.3) is 0 Å². The fraction of sp³-hybridized carbons (Fsp3) is 0.718. The van der Waals surface area contributed by atoms with Crippen LogP contribution in [0.3, 0.4) is 0 Å². The summed E-state index contributed by atoms with van der Waals surface area (Å²) in [7, 11) is 0. The van der Waals surface area contributed by atoms with Crippen LogP contribution in [-0.2, 0) is 19.1 Å². The summed E-state index contributed by atoms with van der Waals surface area (Å²) in [4.78, 5) is 24.6. The van der Waals surface area contributed by atoms with Gasteiger partial charge < -0.3 is 14.6 Å². The summed E-state index contributed by atoms with van der Waals surface area (Å²) in [5, 5.41) is 9.68. The van der Waals surface area contributed by atoms with Crippen LogP contribution in [0.2, 0.25) is 0 Å². The highest BCUT2D eigenvalue weighted by molar-refractivity contribution is 5.70. The van der Waals surface area contributed by atoms with Gasteiger partial charge in [0.15, 0.2) is 6.10 Å². The van der Waals surface area contributed by atoms with Gasteiger partial charge in [-0.1, -0.05) is 303 Å². The number of aliphatic hydroxyl groups excluding tert-OH is 1. The SMILES string of the molecule is CC/C=C\C/C=C\C/C=C\C/C=C\C/C=C\C/C=C\C/C=C\CCCCCCCCCC(=O)OC(CO)COC(=O)CCCCCCCCCCCCCCCCCCCCCCC/C=C\C/C=C\CCCCCCC. The topological polar surface area (TPSA) is 72.8 Å². The molecule has 0 aliphatic carbocycles. The monoisotopic (exact) mass is 1050 g/mol. The molecule has 0 fully saturated rings. The zero-order valence-electron chi connectivity index (χ0n) is 50.0. The molecule has 0 radical (unpaired) electrons. The van der Waals surface area contributed by atoms with Crippen molar-refractivity contribution in [1.29, 1.82) is 0 Å². The first-order chi connectivity index (χ1) is 37.6. The van der Waals surface area contributed by atoms with Crippen molar-refractivity contribution in [2.45, 2.75) is 315 Å². The Hall–Kier alpha value is -3.44. The van der Waals surface area contributed by atoms with E-state index in [1.807, 2.05) is 0 Å². The van der Waals surface area contributed by atoms with Gasteiger partial charge in [-0.25, -0.2) is 0 Å². The first-order valence-electron chi connectivity index (χ1n) is 32.4. The normalized spacial score (nSPS) is 12.9. The molecule has 5 nitrogen and oxygen atoms in total. The van der Waals surface area contributed by atoms with Gasteiger partial charge in [0, 0.05) is 12.8 Å². The average molecular weight is 1060 g/mol. The van der Waals surface area contributed by atoms with Gasteiger partial charge in [0.25, 0.3) is 0 Å². The van der Waals surface area contributed by atoms with Crippen LogP contribution in [0, 0.1) is 0 Å². The summed E-state index contributed by atoms with van der Waals surface area (Å²) >= 11 is 0. The number of aliphatic hydroxyl groups is 1. The van der Waals surface area contributed by atoms with E-state index >= 15 is 0 Å². The standard InChI is InChI=1S/C71H122O5/c1-3-5-7-9-11-13-15-17-19-21-23-25-27-29-31-33-34-35-36-38-39-41-43-45-47-49-51-53-55-57-59-61-63-65-70(73)75-68-69(67-72)76-71(74)66-64-62-60-58-56-54-52-50-48-46-44-42-40-37-32-30-28-26-24-22-20-18-16-14-12-10-8-6-4-2/h6,8,12,14-15,17-18,20-21,23-24,26,30,32,40,42,46,48,69,72H,3-5,7,9-11,13,16,19,22,25,27-29,31,33-39,41,43-45,47,49-68H2,1-2H3/b8-6-,14-12-,17-15-,20-18-,23-21-,26-24-,32-30-,42-40-,48-46-. The molecule has 0 aromatic carbocycles. The molecule has 5 heteroatoms. The second-order valence-corrected chi connectivity index (χ2v) is 21.5. The summed E-state index contributed by atoms with van der Waals surface area (Å²) in [6.45, 7) is 4.03. The Balaban J connectivity index is 3.50. The lowest BCUT2D eigenvalue weighted by Crippen LogP contribution is -2.28. The number of ether oxygens (including phenoxy) is 2. The van der Waals surface area contributed by atoms with Crippen LogP contribution in [0.15, 0.2) is 109 Å². The highest BCUT2D eigenvalue weighted by Crippen LogP contribution is 2.17. The lowest BCUT2D eigenvalue weighted by molar-refractivity contribution is -0.161. The van der Waals surface area contributed by atoms with E-state index in [4.69, 9.17) is 9.47 Å². The molecular weight excluding hydrogens is 933 g/mol. The molecular formula is C71H122O5. The van der Waals surface area contributed by atoms with Gasteiger partial charge in [0.1, 0.15) is 6.61 Å². The Kier molecular flexibility index (Phi) is 62.9. The fourth-order valence-electron chi connectivity index (χ4n) is 9.22. The second-order valence-electron chi connectivity index (χ2n) is 21.5. The van der Waals surface area contributed by atoms with E-state index in [0.717, 1.165) is 96.3 Å². The molecule has 0 heterocycles. The van der Waals surface area contributed by atoms with Crippen molar-refractivity contribution in [1.82, 2.24) is 0 Å². The quantitative estimate of drug-likeness (QED) is 0.0373. The van der Waals surface area contributed by atoms with Crippen molar-refractivity contribution in [2.24, 2.45) is 0 Å². The first kappa shape index (κ1) is 72.6. The molecule has 0 aromatic rings. The van der Waals surface area contributed by atoms with Gasteiger partial charge in [-0.2, -0.15) is 0 Å². The fourth-order valence-corrected chi connectivity index (χ4v) is 9.22. The van der Waals surface area contributed by atoms with E-state index in [9.17, 15) is 14.7 Å². The van der Waals surface area contributed by atoms with E-state index in [0.29, 0.717) is 12.8 Å². The predicted octanol–water partition coefficient (Wildman–Crippen LogP) is 22.4. The highest BCUT2D eigenvalue weighted by atomic mass is 16.6. The molecule has 436 valence electrons. The molecule has 1 atom stereocenters. The van der Waals surface area contributed by atoms with Gasteiger partial charge in [0.05, 0.1) is 6.61 Å². The molecule has 1 N–H and O–H groups in total. The van der Waals surface area contributed by atoms with Crippen molar-refractivity contribution >= 4 is 11.9 Å². The van der Waals surface area contributed by atoms with Crippen LogP contribution in [0.5, 0.6) is 0 Å². The molecule has 0 spiro atoms. The maximum absolute atomic E-state index is 12.3. The van der Waals surface area contributed by atoms with Crippen LogP contribution in [0.4, 0.5) is 0 Å². The molecule has 0 aliphatic heterocycles. The Morgan fingerprint density at radius 3 is 0.855 bits per heavy atom. The maximum Gasteiger partial charge on any atom is 0.306 e. The summed E-state index contributed by atoms with van der Waals surface area (Å²) in [6.07, 6.45) is 95.2. The minimum atomic E-state index is -0.785. The van der Waals surface area contributed by atoms with Crippen molar-refractivity contribution in [3.8, 4) is 0 Å². The lowest BCUT2D eigenvalue weighted by atomic mass is 10.0. The van der Waals surface area contributed by atoms with Crippen LogP contribution < -0.4 is 0 Å². The van der Waals surface area contributed by atoms with Gasteiger partial charge in [-0.15, -0.1) is 0 Å². The predicted molar refractivity (Wildman–Crippen MR) is 334 cm³/mol. The third kappa shape index (κ3) is 63.1. The number of unbranched alkanes of at least 4 members (excludes halogenated alkanes) is 33. The summed E-state index contributed by atoms with van der Waals surface area (Å²) in [6, 6.07) is 0. The summed E-state index contributed by atoms with van der Waals surface area (Å²) < 4.78 is 10.7. The van der Waals surface area contributed by atoms with Crippen molar-refractivity contribution < 1.29 is 24.2 Å². The largest absolute Gasteiger partial charge is 0.462 e. The van der Waals surface area contributed by atoms with E-state index in [2.05, 4.69) is 123 Å². The van der Waals surface area contributed by atoms with E-state index in [-0.39, 0.29) is 25.2 Å². The molecule has 0 amide bonds. The van der Waals surface area contributed by atoms with E-state index in [1.165, 1.54) is 186 Å². The molecule has 0 rings (SSSR count). The average Bonchev–Trinajstić information content (AvgIpc) is 3.42. The number of rotatable bonds is 59. The van der Waals surface area contributed by atoms with Crippen molar-refractivity contribution in [3.63, 3.8) is 0 Å². The Labute approximate surface area is 471 Å². The molecule has 0 bridgehead atoms. The van der Waals surface area contributed by atoms with E-state index in [1.54, 1.807) is 0 Å². The Bertz CT molecular complexity index is 1470. The zero-order chi connectivity index (χ0) is 54.8. The van der Waals surface area contributed by atoms with Crippen molar-refractivity contribution in [3.05, 3.63) is 109 Å². The Morgan fingerprint density at radius 1 is 0.316 bits per heavy atom. The molecule has 76 heavy (non-hydrogen) atoms. The molecule has 0 saturated carbocycles. The van der Waals surface area contributed by atoms with E-state index < -0.39 is 6.10 Å². The number of hydrogen-bond donors (Lipinski definition) is 1. The van der Waals surface area contributed by atoms with Gasteiger partial charge >= 0.3 is 11.9 Å². The van der Waals surface area contributed by atoms with Crippen molar-refractivity contribution in [2.75, 3.05) is 13.2 Å². The summed E-state index contributed by atoms with van der Waals surface area (Å²) in [5.74, 6) is -0.598. The molecule has 0 aliphatic rings. The lowest BCUT2D eigenvalue weighted by Gasteiger charge is -2.15. The Morgan fingerprint density at radius 2 is 0.566 bits per heavy atom. The number of hydrogen-bond acceptors (Lipinski definition) is 5. The number of allylic oxidation sites excluding steroid dienone is 18. The smallest absolute Gasteiger partial charge is 0.306 e. The van der Waals surface area contributed by atoms with Gasteiger partial charge in [-0.3, -0.25) is 9.59 Å². The summed E-state index contributed by atoms with van der Waals surface area (Å²) in [5.41, 5.74) is 0. The van der Waals surface area contributed by atoms with Crippen LogP contribution >= 0.6 is 0 Å². The number of carbonyl (C=O) groups excluding carboxylic acids is 2. The minimum absolute atomic E-state index is 0.0734. The third-order valence-electron chi connectivity index (χ3n) is 14.1. The molecule has 1 unspecified atom stereocenters. The van der Waals surface area contributed by atoms with Crippen LogP contribution in [-0.4, -0.2) is 36.4 Å². The van der Waals surface area contributed by atoms with Crippen LogP contribution in [0.1, 0.15) is 309 Å². The molecule has 0 aromatic heterocycles. The number of carbonyl (C=O) groups is 2. The van der Waals surface area contributed by atoms with Gasteiger partial charge in [0.2, 0.25) is 0 Å². The molecule has 0 saturated heterocycles. The zero-order valence-corrected chi connectivity index (χ0v) is 50.0. The van der Waals surface area contributed by atoms with Gasteiger partial charge in [-0.05, 0) is 103 Å². The highest BCUT2D eigenvalue weighted by Gasteiger charge is 2.16. The third-order valence-corrected chi connectivity index (χ3v) is 14.1. The number of esters is 2. The second kappa shape index (κ2) is 65.8. The first-order valence-corrected chi connectivity index (χ1v) is 32.4.